The fourth-order valence-corrected chi connectivity index (χ4v) is 2.89. The van der Waals surface area contributed by atoms with E-state index >= 15 is 0 Å². The molecule has 88 valence electrons. The summed E-state index contributed by atoms with van der Waals surface area (Å²) in [6, 6.07) is 8.64. The summed E-state index contributed by atoms with van der Waals surface area (Å²) in [5.41, 5.74) is 1.89. The Bertz CT molecular complexity index is 356. The van der Waals surface area contributed by atoms with Crippen molar-refractivity contribution in [2.45, 2.75) is 32.1 Å². The Hall–Kier alpha value is -0.340. The molecule has 1 saturated carbocycles. The van der Waals surface area contributed by atoms with Crippen molar-refractivity contribution in [1.82, 2.24) is 5.32 Å². The van der Waals surface area contributed by atoms with Crippen molar-refractivity contribution in [2.24, 2.45) is 5.92 Å². The second-order valence-corrected chi connectivity index (χ2v) is 6.14. The summed E-state index contributed by atoms with van der Waals surface area (Å²) in [6.45, 7) is 6.75. The SMILES string of the molecule is CC(C)CNCC1(c2ccccc2Br)CC1. The summed E-state index contributed by atoms with van der Waals surface area (Å²) in [5, 5.41) is 3.59. The maximum absolute atomic E-state index is 3.67. The monoisotopic (exact) mass is 281 g/mol. The van der Waals surface area contributed by atoms with Gasteiger partial charge in [-0.3, -0.25) is 0 Å². The Morgan fingerprint density at radius 1 is 1.31 bits per heavy atom. The van der Waals surface area contributed by atoms with E-state index in [-0.39, 0.29) is 0 Å². The predicted molar refractivity (Wildman–Crippen MR) is 72.8 cm³/mol. The second-order valence-electron chi connectivity index (χ2n) is 5.28. The highest BCUT2D eigenvalue weighted by atomic mass is 79.9. The molecule has 0 saturated heterocycles. The molecule has 0 radical (unpaired) electrons. The lowest BCUT2D eigenvalue weighted by atomic mass is 9.96. The average molecular weight is 282 g/mol. The number of hydrogen-bond acceptors (Lipinski definition) is 1. The van der Waals surface area contributed by atoms with E-state index in [1.54, 1.807) is 0 Å². The van der Waals surface area contributed by atoms with Crippen molar-refractivity contribution in [3.63, 3.8) is 0 Å². The standard InChI is InChI=1S/C14H20BrN/c1-11(2)9-16-10-14(7-8-14)12-5-3-4-6-13(12)15/h3-6,11,16H,7-10H2,1-2H3. The molecule has 0 amide bonds. The first-order chi connectivity index (χ1) is 7.64. The van der Waals surface area contributed by atoms with Crippen LogP contribution in [0.5, 0.6) is 0 Å². The summed E-state index contributed by atoms with van der Waals surface area (Å²) in [6.07, 6.45) is 2.64. The lowest BCUT2D eigenvalue weighted by Crippen LogP contribution is -2.29. The molecule has 1 fully saturated rings. The largest absolute Gasteiger partial charge is 0.316 e. The van der Waals surface area contributed by atoms with Crippen LogP contribution in [0.15, 0.2) is 28.7 Å². The second kappa shape index (κ2) is 4.89. The van der Waals surface area contributed by atoms with Crippen LogP contribution in [0.25, 0.3) is 0 Å². The minimum atomic E-state index is 0.412. The van der Waals surface area contributed by atoms with Gasteiger partial charge in [-0.05, 0) is 36.9 Å². The van der Waals surface area contributed by atoms with Gasteiger partial charge in [0.1, 0.15) is 0 Å². The van der Waals surface area contributed by atoms with Crippen LogP contribution in [0.4, 0.5) is 0 Å². The van der Waals surface area contributed by atoms with Crippen LogP contribution in [0, 0.1) is 5.92 Å². The number of rotatable bonds is 5. The highest BCUT2D eigenvalue weighted by Gasteiger charge is 2.44. The third-order valence-electron chi connectivity index (χ3n) is 3.31. The van der Waals surface area contributed by atoms with E-state index < -0.39 is 0 Å². The van der Waals surface area contributed by atoms with Crippen molar-refractivity contribution in [3.05, 3.63) is 34.3 Å². The fraction of sp³-hybridized carbons (Fsp3) is 0.571. The molecule has 16 heavy (non-hydrogen) atoms. The minimum Gasteiger partial charge on any atom is -0.316 e. The van der Waals surface area contributed by atoms with E-state index in [0.29, 0.717) is 5.41 Å². The van der Waals surface area contributed by atoms with Crippen molar-refractivity contribution >= 4 is 15.9 Å². The normalized spacial score (nSPS) is 17.8. The van der Waals surface area contributed by atoms with Gasteiger partial charge in [0.15, 0.2) is 0 Å². The molecular formula is C14H20BrN. The third-order valence-corrected chi connectivity index (χ3v) is 4.01. The van der Waals surface area contributed by atoms with Crippen LogP contribution < -0.4 is 5.32 Å². The molecule has 1 nitrogen and oxygen atoms in total. The van der Waals surface area contributed by atoms with Gasteiger partial charge in [0.05, 0.1) is 0 Å². The van der Waals surface area contributed by atoms with Gasteiger partial charge in [-0.1, -0.05) is 48.0 Å². The van der Waals surface area contributed by atoms with E-state index in [0.717, 1.165) is 19.0 Å². The van der Waals surface area contributed by atoms with Gasteiger partial charge in [-0.15, -0.1) is 0 Å². The lowest BCUT2D eigenvalue weighted by molar-refractivity contribution is 0.508. The smallest absolute Gasteiger partial charge is 0.0213 e. The zero-order chi connectivity index (χ0) is 11.6. The van der Waals surface area contributed by atoms with Gasteiger partial charge >= 0.3 is 0 Å². The van der Waals surface area contributed by atoms with E-state index in [4.69, 9.17) is 0 Å². The zero-order valence-corrected chi connectivity index (χ0v) is 11.7. The van der Waals surface area contributed by atoms with Crippen molar-refractivity contribution < 1.29 is 0 Å². The van der Waals surface area contributed by atoms with Gasteiger partial charge in [0.2, 0.25) is 0 Å². The molecule has 0 bridgehead atoms. The minimum absolute atomic E-state index is 0.412. The summed E-state index contributed by atoms with van der Waals surface area (Å²) in [7, 11) is 0. The van der Waals surface area contributed by atoms with Gasteiger partial charge in [0.25, 0.3) is 0 Å². The fourth-order valence-electron chi connectivity index (χ4n) is 2.18. The van der Waals surface area contributed by atoms with E-state index in [1.165, 1.54) is 22.9 Å². The topological polar surface area (TPSA) is 12.0 Å². The first kappa shape index (κ1) is 12.1. The Kier molecular flexibility index (Phi) is 3.70. The molecule has 0 spiro atoms. The Balaban J connectivity index is 2.00. The number of nitrogens with one attached hydrogen (secondary N) is 1. The Morgan fingerprint density at radius 2 is 2.00 bits per heavy atom. The summed E-state index contributed by atoms with van der Waals surface area (Å²) >= 11 is 3.67. The molecule has 0 aromatic heterocycles. The zero-order valence-electron chi connectivity index (χ0n) is 10.1. The molecule has 0 aliphatic heterocycles. The molecule has 1 N–H and O–H groups in total. The molecule has 2 heteroatoms. The van der Waals surface area contributed by atoms with Crippen molar-refractivity contribution in [2.75, 3.05) is 13.1 Å². The van der Waals surface area contributed by atoms with E-state index in [9.17, 15) is 0 Å². The highest BCUT2D eigenvalue weighted by molar-refractivity contribution is 9.10. The first-order valence-electron chi connectivity index (χ1n) is 6.10. The number of hydrogen-bond donors (Lipinski definition) is 1. The molecule has 1 aliphatic carbocycles. The van der Waals surface area contributed by atoms with Gasteiger partial charge in [0, 0.05) is 16.4 Å². The van der Waals surface area contributed by atoms with E-state index in [2.05, 4.69) is 59.4 Å². The molecule has 2 rings (SSSR count). The number of benzene rings is 1. The number of halogens is 1. The van der Waals surface area contributed by atoms with E-state index in [1.807, 2.05) is 0 Å². The van der Waals surface area contributed by atoms with Crippen LogP contribution in [0.2, 0.25) is 0 Å². The maximum Gasteiger partial charge on any atom is 0.0213 e. The highest BCUT2D eigenvalue weighted by Crippen LogP contribution is 2.49. The molecule has 0 heterocycles. The molecule has 1 aromatic rings. The Labute approximate surface area is 107 Å². The average Bonchev–Trinajstić information content (AvgIpc) is 2.99. The summed E-state index contributed by atoms with van der Waals surface area (Å²) in [4.78, 5) is 0. The molecule has 0 unspecified atom stereocenters. The maximum atomic E-state index is 3.67. The molecule has 1 aromatic carbocycles. The lowest BCUT2D eigenvalue weighted by Gasteiger charge is -2.19. The van der Waals surface area contributed by atoms with Gasteiger partial charge in [-0.25, -0.2) is 0 Å². The Morgan fingerprint density at radius 3 is 2.56 bits per heavy atom. The van der Waals surface area contributed by atoms with Gasteiger partial charge in [-0.2, -0.15) is 0 Å². The quantitative estimate of drug-likeness (QED) is 0.867. The summed E-state index contributed by atoms with van der Waals surface area (Å²) in [5.74, 6) is 0.731. The van der Waals surface area contributed by atoms with Crippen LogP contribution in [-0.4, -0.2) is 13.1 Å². The van der Waals surface area contributed by atoms with Crippen LogP contribution >= 0.6 is 15.9 Å². The molecule has 0 atom stereocenters. The third kappa shape index (κ3) is 2.67. The van der Waals surface area contributed by atoms with Crippen LogP contribution in [0.3, 0.4) is 0 Å². The van der Waals surface area contributed by atoms with Crippen LogP contribution in [0.1, 0.15) is 32.3 Å². The van der Waals surface area contributed by atoms with Gasteiger partial charge < -0.3 is 5.32 Å². The summed E-state index contributed by atoms with van der Waals surface area (Å²) < 4.78 is 1.26. The van der Waals surface area contributed by atoms with Crippen molar-refractivity contribution in [1.29, 1.82) is 0 Å². The molecule has 1 aliphatic rings. The molecular weight excluding hydrogens is 262 g/mol. The first-order valence-corrected chi connectivity index (χ1v) is 6.89. The van der Waals surface area contributed by atoms with Crippen LogP contribution in [-0.2, 0) is 5.41 Å². The van der Waals surface area contributed by atoms with Crippen molar-refractivity contribution in [3.8, 4) is 0 Å². The predicted octanol–water partition coefficient (Wildman–Crippen LogP) is 3.73.